The highest BCUT2D eigenvalue weighted by atomic mass is 32.2. The maximum atomic E-state index is 15.7. The molecule has 4 N–H and O–H groups in total. The number of halogens is 3. The summed E-state index contributed by atoms with van der Waals surface area (Å²) in [5, 5.41) is 21.6. The maximum Gasteiger partial charge on any atom is 0.262 e. The lowest BCUT2D eigenvalue weighted by Crippen LogP contribution is -2.29. The lowest BCUT2D eigenvalue weighted by Gasteiger charge is -2.23. The zero-order chi connectivity index (χ0) is 33.3. The molecule has 242 valence electrons. The molecule has 0 amide bonds. The number of aliphatic hydroxyl groups is 2. The third kappa shape index (κ3) is 6.00. The highest BCUT2D eigenvalue weighted by Gasteiger charge is 2.24. The second-order valence-corrected chi connectivity index (χ2v) is 12.0. The SMILES string of the molecule is Cc1c(F)cccc1S(=O)(=O)Nc1ccc(F)c(Nc2ncnc3ccc(-n4cnc5c(N(CCO)CCO)cccc54)nc23)c1F. The second-order valence-electron chi connectivity index (χ2n) is 10.3. The molecule has 3 aromatic heterocycles. The van der Waals surface area contributed by atoms with Crippen LogP contribution in [0.3, 0.4) is 0 Å². The summed E-state index contributed by atoms with van der Waals surface area (Å²) in [4.78, 5) is 19.0. The van der Waals surface area contributed by atoms with E-state index in [1.54, 1.807) is 34.0 Å². The molecule has 0 saturated carbocycles. The van der Waals surface area contributed by atoms with Gasteiger partial charge in [-0.2, -0.15) is 0 Å². The van der Waals surface area contributed by atoms with Gasteiger partial charge in [0, 0.05) is 18.7 Å². The van der Waals surface area contributed by atoms with Crippen molar-refractivity contribution >= 4 is 55.0 Å². The summed E-state index contributed by atoms with van der Waals surface area (Å²) in [5.41, 5.74) is 0.983. The number of benzene rings is 3. The summed E-state index contributed by atoms with van der Waals surface area (Å²) in [6.45, 7) is 1.60. The van der Waals surface area contributed by atoms with E-state index in [0.29, 0.717) is 28.1 Å². The number of sulfonamides is 1. The Bertz CT molecular complexity index is 2230. The predicted octanol–water partition coefficient (Wildman–Crippen LogP) is 4.42. The average molecular weight is 665 g/mol. The zero-order valence-corrected chi connectivity index (χ0v) is 25.5. The van der Waals surface area contributed by atoms with Gasteiger partial charge in [0.25, 0.3) is 10.0 Å². The van der Waals surface area contributed by atoms with Crippen LogP contribution in [-0.2, 0) is 10.0 Å². The Morgan fingerprint density at radius 1 is 0.872 bits per heavy atom. The van der Waals surface area contributed by atoms with E-state index in [0.717, 1.165) is 18.2 Å². The van der Waals surface area contributed by atoms with Gasteiger partial charge in [-0.15, -0.1) is 0 Å². The summed E-state index contributed by atoms with van der Waals surface area (Å²) in [5.74, 6) is -2.77. The highest BCUT2D eigenvalue weighted by molar-refractivity contribution is 7.92. The number of aromatic nitrogens is 5. The van der Waals surface area contributed by atoms with Crippen LogP contribution in [-0.4, -0.2) is 69.4 Å². The molecular weight excluding hydrogens is 637 g/mol. The van der Waals surface area contributed by atoms with Gasteiger partial charge < -0.3 is 20.4 Å². The quantitative estimate of drug-likeness (QED) is 0.156. The van der Waals surface area contributed by atoms with E-state index in [2.05, 4.69) is 30.0 Å². The van der Waals surface area contributed by atoms with Crippen molar-refractivity contribution < 1.29 is 31.8 Å². The Balaban J connectivity index is 1.37. The lowest BCUT2D eigenvalue weighted by atomic mass is 10.2. The van der Waals surface area contributed by atoms with Crippen molar-refractivity contribution in [1.82, 2.24) is 24.5 Å². The normalized spacial score (nSPS) is 11.7. The first kappa shape index (κ1) is 31.7. The summed E-state index contributed by atoms with van der Waals surface area (Å²) < 4.78 is 74.6. The molecule has 0 fully saturated rings. The number of para-hydroxylation sites is 1. The molecule has 3 aromatic carbocycles. The molecule has 6 rings (SSSR count). The van der Waals surface area contributed by atoms with E-state index in [1.807, 2.05) is 12.1 Å². The van der Waals surface area contributed by atoms with Crippen LogP contribution in [0.5, 0.6) is 0 Å². The molecule has 3 heterocycles. The van der Waals surface area contributed by atoms with Gasteiger partial charge >= 0.3 is 0 Å². The molecule has 0 radical (unpaired) electrons. The molecule has 0 aliphatic rings. The molecule has 0 aliphatic carbocycles. The molecule has 0 bridgehead atoms. The molecule has 47 heavy (non-hydrogen) atoms. The fraction of sp³-hybridized carbons (Fsp3) is 0.161. The number of rotatable bonds is 11. The van der Waals surface area contributed by atoms with Crippen molar-refractivity contribution in [3.05, 3.63) is 96.3 Å². The van der Waals surface area contributed by atoms with Gasteiger partial charge in [-0.25, -0.2) is 41.5 Å². The van der Waals surface area contributed by atoms with Gasteiger partial charge in [0.15, 0.2) is 11.6 Å². The van der Waals surface area contributed by atoms with Gasteiger partial charge in [0.2, 0.25) is 0 Å². The summed E-state index contributed by atoms with van der Waals surface area (Å²) in [6.07, 6.45) is 2.72. The van der Waals surface area contributed by atoms with E-state index in [9.17, 15) is 23.0 Å². The monoisotopic (exact) mass is 664 g/mol. The zero-order valence-electron chi connectivity index (χ0n) is 24.7. The standard InChI is InChI=1S/C31H27F3N8O4S/c1-18-19(32)4-2-7-25(18)47(45,46)40-21-9-8-20(33)28(27(21)34)39-31-29-22(35-16-36-31)10-11-26(38-29)42-17-37-30-23(5-3-6-24(30)42)41(12-14-43)13-15-44/h2-11,16-17,40,43-44H,12-15H2,1H3,(H,35,36,39). The van der Waals surface area contributed by atoms with Gasteiger partial charge in [0.1, 0.15) is 46.8 Å². The minimum atomic E-state index is -4.44. The van der Waals surface area contributed by atoms with Gasteiger partial charge in [-0.1, -0.05) is 12.1 Å². The van der Waals surface area contributed by atoms with Crippen LogP contribution >= 0.6 is 0 Å². The Hall–Kier alpha value is -5.32. The topological polar surface area (TPSA) is 158 Å². The number of hydrogen-bond acceptors (Lipinski definition) is 10. The van der Waals surface area contributed by atoms with Crippen molar-refractivity contribution in [2.75, 3.05) is 41.2 Å². The molecule has 0 spiro atoms. The van der Waals surface area contributed by atoms with Gasteiger partial charge in [-0.3, -0.25) is 9.29 Å². The minimum Gasteiger partial charge on any atom is -0.395 e. The smallest absolute Gasteiger partial charge is 0.262 e. The number of fused-ring (bicyclic) bond motifs is 2. The number of imidazole rings is 1. The molecular formula is C31H27F3N8O4S. The van der Waals surface area contributed by atoms with Crippen molar-refractivity contribution in [2.45, 2.75) is 11.8 Å². The summed E-state index contributed by atoms with van der Waals surface area (Å²) in [7, 11) is -4.44. The predicted molar refractivity (Wildman–Crippen MR) is 170 cm³/mol. The number of hydrogen-bond donors (Lipinski definition) is 4. The Morgan fingerprint density at radius 3 is 2.40 bits per heavy atom. The Kier molecular flexibility index (Phi) is 8.63. The Labute approximate surface area is 266 Å². The summed E-state index contributed by atoms with van der Waals surface area (Å²) >= 11 is 0. The number of anilines is 4. The Morgan fingerprint density at radius 2 is 1.64 bits per heavy atom. The first-order chi connectivity index (χ1) is 22.6. The lowest BCUT2D eigenvalue weighted by molar-refractivity contribution is 0.281. The highest BCUT2D eigenvalue weighted by Crippen LogP contribution is 2.33. The number of pyridine rings is 1. The van der Waals surface area contributed by atoms with Crippen LogP contribution in [0.2, 0.25) is 0 Å². The third-order valence-corrected chi connectivity index (χ3v) is 8.95. The van der Waals surface area contributed by atoms with Crippen LogP contribution < -0.4 is 14.9 Å². The van der Waals surface area contributed by atoms with Crippen LogP contribution in [0, 0.1) is 24.4 Å². The van der Waals surface area contributed by atoms with E-state index < -0.39 is 43.7 Å². The van der Waals surface area contributed by atoms with Crippen molar-refractivity contribution in [1.29, 1.82) is 0 Å². The van der Waals surface area contributed by atoms with Gasteiger partial charge in [-0.05, 0) is 55.5 Å². The largest absolute Gasteiger partial charge is 0.395 e. The molecule has 0 aliphatic heterocycles. The molecule has 0 saturated heterocycles. The van der Waals surface area contributed by atoms with E-state index >= 15 is 8.78 Å². The average Bonchev–Trinajstić information content (AvgIpc) is 3.50. The van der Waals surface area contributed by atoms with Gasteiger partial charge in [0.05, 0.1) is 40.5 Å². The minimum absolute atomic E-state index is 0.0715. The van der Waals surface area contributed by atoms with Crippen molar-refractivity contribution in [3.63, 3.8) is 0 Å². The fourth-order valence-electron chi connectivity index (χ4n) is 5.15. The van der Waals surface area contributed by atoms with Crippen LogP contribution in [0.4, 0.5) is 36.1 Å². The number of aliphatic hydroxyl groups excluding tert-OH is 2. The first-order valence-electron chi connectivity index (χ1n) is 14.2. The molecule has 0 unspecified atom stereocenters. The number of nitrogens with one attached hydrogen (secondary N) is 2. The van der Waals surface area contributed by atoms with Crippen LogP contribution in [0.15, 0.2) is 78.2 Å². The molecule has 16 heteroatoms. The second kappa shape index (κ2) is 12.8. The van der Waals surface area contributed by atoms with E-state index in [4.69, 9.17) is 0 Å². The molecule has 12 nitrogen and oxygen atoms in total. The van der Waals surface area contributed by atoms with Crippen LogP contribution in [0.25, 0.3) is 27.9 Å². The first-order valence-corrected chi connectivity index (χ1v) is 15.7. The fourth-order valence-corrected chi connectivity index (χ4v) is 6.47. The van der Waals surface area contributed by atoms with Crippen molar-refractivity contribution in [2.24, 2.45) is 0 Å². The molecule has 0 atom stereocenters. The van der Waals surface area contributed by atoms with E-state index in [1.165, 1.54) is 25.4 Å². The van der Waals surface area contributed by atoms with E-state index in [-0.39, 0.29) is 43.2 Å². The van der Waals surface area contributed by atoms with Crippen LogP contribution in [0.1, 0.15) is 5.56 Å². The number of nitrogens with zero attached hydrogens (tertiary/aromatic N) is 6. The molecule has 6 aromatic rings. The van der Waals surface area contributed by atoms with Crippen molar-refractivity contribution in [3.8, 4) is 5.82 Å². The summed E-state index contributed by atoms with van der Waals surface area (Å²) in [6, 6.07) is 14.0. The third-order valence-electron chi connectivity index (χ3n) is 7.44. The maximum absolute atomic E-state index is 15.7.